The van der Waals surface area contributed by atoms with Crippen LogP contribution in [-0.2, 0) is 11.2 Å². The highest BCUT2D eigenvalue weighted by molar-refractivity contribution is 7.99. The number of hydrogen-bond acceptors (Lipinski definition) is 7. The van der Waals surface area contributed by atoms with Crippen molar-refractivity contribution < 1.29 is 19.9 Å². The molecule has 9 heteroatoms. The van der Waals surface area contributed by atoms with E-state index < -0.39 is 11.0 Å². The normalized spacial score (nSPS) is 11.9. The number of aliphatic hydroxyl groups excluding tert-OH is 2. The summed E-state index contributed by atoms with van der Waals surface area (Å²) >= 11 is 2.63. The number of carbonyl (C=O) groups is 1. The largest absolute Gasteiger partial charge is 0.394 e. The fourth-order valence-corrected chi connectivity index (χ4v) is 3.47. The van der Waals surface area contributed by atoms with Crippen LogP contribution in [0.25, 0.3) is 0 Å². The molecule has 0 saturated carbocycles. The monoisotopic (exact) mass is 368 g/mol. The molecule has 1 heterocycles. The molecule has 0 saturated heterocycles. The van der Waals surface area contributed by atoms with Crippen LogP contribution < -0.4 is 5.32 Å². The minimum absolute atomic E-state index is 0.148. The molecule has 0 fully saturated rings. The average Bonchev–Trinajstić information content (AvgIpc) is 3.04. The van der Waals surface area contributed by atoms with Crippen molar-refractivity contribution in [1.29, 1.82) is 0 Å². The third kappa shape index (κ3) is 5.60. The lowest BCUT2D eigenvalue weighted by molar-refractivity contribution is -0.385. The summed E-state index contributed by atoms with van der Waals surface area (Å²) in [6, 6.07) is 7.95. The number of rotatable bonds is 8. The molecule has 0 aliphatic rings. The van der Waals surface area contributed by atoms with Crippen LogP contribution in [-0.4, -0.2) is 39.5 Å². The summed E-state index contributed by atoms with van der Waals surface area (Å²) in [5.74, 6) is -0.0652. The van der Waals surface area contributed by atoms with Gasteiger partial charge < -0.3 is 15.5 Å². The zero-order chi connectivity index (χ0) is 17.5. The first-order valence-corrected chi connectivity index (χ1v) is 8.88. The van der Waals surface area contributed by atoms with Gasteiger partial charge in [-0.05, 0) is 17.5 Å². The quantitative estimate of drug-likeness (QED) is 0.374. The average molecular weight is 368 g/mol. The molecule has 1 aromatic heterocycles. The third-order valence-corrected chi connectivity index (χ3v) is 4.95. The summed E-state index contributed by atoms with van der Waals surface area (Å²) in [6.45, 7) is -0.383. The van der Waals surface area contributed by atoms with E-state index >= 15 is 0 Å². The molecule has 24 heavy (non-hydrogen) atoms. The molecule has 2 rings (SSSR count). The minimum Gasteiger partial charge on any atom is -0.394 e. The molecule has 0 spiro atoms. The smallest absolute Gasteiger partial charge is 0.272 e. The van der Waals surface area contributed by atoms with E-state index in [1.54, 1.807) is 6.07 Å². The van der Waals surface area contributed by atoms with Crippen LogP contribution in [0.5, 0.6) is 0 Å². The summed E-state index contributed by atoms with van der Waals surface area (Å²) in [5, 5.41) is 33.8. The first-order chi connectivity index (χ1) is 11.5. The van der Waals surface area contributed by atoms with Crippen LogP contribution in [0.2, 0.25) is 0 Å². The highest BCUT2D eigenvalue weighted by atomic mass is 32.2. The van der Waals surface area contributed by atoms with Gasteiger partial charge in [0.2, 0.25) is 5.91 Å². The van der Waals surface area contributed by atoms with E-state index in [1.165, 1.54) is 35.2 Å². The Bertz CT molecular complexity index is 706. The Morgan fingerprint density at radius 1 is 1.42 bits per heavy atom. The van der Waals surface area contributed by atoms with E-state index in [0.717, 1.165) is 4.88 Å². The maximum absolute atomic E-state index is 12.0. The second-order valence-corrected chi connectivity index (χ2v) is 7.05. The highest BCUT2D eigenvalue weighted by Crippen LogP contribution is 2.28. The zero-order valence-electron chi connectivity index (χ0n) is 12.5. The predicted molar refractivity (Wildman–Crippen MR) is 93.6 cm³/mol. The van der Waals surface area contributed by atoms with E-state index in [4.69, 9.17) is 5.11 Å². The fourth-order valence-electron chi connectivity index (χ4n) is 1.87. The molecule has 1 aromatic carbocycles. The molecular weight excluding hydrogens is 352 g/mol. The molecule has 2 aromatic rings. The second-order valence-electron chi connectivity index (χ2n) is 4.92. The number of hydrogen-bond donors (Lipinski definition) is 3. The number of nitro benzene ring substituents is 1. The number of nitro groups is 1. The molecule has 128 valence electrons. The van der Waals surface area contributed by atoms with E-state index in [-0.39, 0.29) is 30.4 Å². The van der Waals surface area contributed by atoms with Crippen LogP contribution in [0.3, 0.4) is 0 Å². The number of carbonyl (C=O) groups excluding carboxylic acids is 1. The summed E-state index contributed by atoms with van der Waals surface area (Å²) in [6.07, 6.45) is -0.711. The van der Waals surface area contributed by atoms with Gasteiger partial charge in [0.05, 0.1) is 24.1 Å². The Balaban J connectivity index is 2.10. The standard InChI is InChI=1S/C15H16N2O5S2/c18-8-12(19)9-24-14-5-10(4-11(6-14)17(21)22)16-15(20)7-13-2-1-3-23-13/h1-6,12,18-19H,7-9H2,(H,16,20)/t12-/m0/s1. The first-order valence-electron chi connectivity index (χ1n) is 7.01. The van der Waals surface area contributed by atoms with Gasteiger partial charge in [-0.1, -0.05) is 6.07 Å². The number of amides is 1. The summed E-state index contributed by atoms with van der Waals surface area (Å²) in [4.78, 5) is 24.0. The fraction of sp³-hybridized carbons (Fsp3) is 0.267. The van der Waals surface area contributed by atoms with Crippen molar-refractivity contribution in [1.82, 2.24) is 0 Å². The van der Waals surface area contributed by atoms with Crippen molar-refractivity contribution in [3.8, 4) is 0 Å². The Labute approximate surface area is 146 Å². The van der Waals surface area contributed by atoms with Gasteiger partial charge in [0.15, 0.2) is 0 Å². The van der Waals surface area contributed by atoms with E-state index in [1.807, 2.05) is 17.5 Å². The Kier molecular flexibility index (Phi) is 6.73. The van der Waals surface area contributed by atoms with Gasteiger partial charge >= 0.3 is 0 Å². The Morgan fingerprint density at radius 3 is 2.83 bits per heavy atom. The van der Waals surface area contributed by atoms with Gasteiger partial charge in [0.1, 0.15) is 0 Å². The van der Waals surface area contributed by atoms with Crippen molar-refractivity contribution in [2.75, 3.05) is 17.7 Å². The van der Waals surface area contributed by atoms with Crippen LogP contribution in [0.4, 0.5) is 11.4 Å². The number of nitrogens with zero attached hydrogens (tertiary/aromatic N) is 1. The highest BCUT2D eigenvalue weighted by Gasteiger charge is 2.13. The van der Waals surface area contributed by atoms with Crippen LogP contribution in [0, 0.1) is 10.1 Å². The molecular formula is C15H16N2O5S2. The third-order valence-electron chi connectivity index (χ3n) is 2.95. The number of thiophene rings is 1. The van der Waals surface area contributed by atoms with Gasteiger partial charge in [-0.2, -0.15) is 0 Å². The molecule has 0 aliphatic carbocycles. The molecule has 0 unspecified atom stereocenters. The van der Waals surface area contributed by atoms with Crippen LogP contribution in [0.15, 0.2) is 40.6 Å². The van der Waals surface area contributed by atoms with E-state index in [9.17, 15) is 20.0 Å². The maximum Gasteiger partial charge on any atom is 0.272 e. The van der Waals surface area contributed by atoms with Crippen LogP contribution in [0.1, 0.15) is 4.88 Å². The van der Waals surface area contributed by atoms with E-state index in [0.29, 0.717) is 10.6 Å². The van der Waals surface area contributed by atoms with Gasteiger partial charge in [-0.25, -0.2) is 0 Å². The predicted octanol–water partition coefficient (Wildman–Crippen LogP) is 2.28. The van der Waals surface area contributed by atoms with Crippen molar-refractivity contribution in [2.45, 2.75) is 17.4 Å². The number of benzene rings is 1. The van der Waals surface area contributed by atoms with Gasteiger partial charge in [0, 0.05) is 33.3 Å². The molecule has 0 radical (unpaired) electrons. The number of thioether (sulfide) groups is 1. The topological polar surface area (TPSA) is 113 Å². The molecule has 7 nitrogen and oxygen atoms in total. The molecule has 3 N–H and O–H groups in total. The zero-order valence-corrected chi connectivity index (χ0v) is 14.2. The number of non-ortho nitro benzene ring substituents is 1. The van der Waals surface area contributed by atoms with Crippen molar-refractivity contribution in [2.24, 2.45) is 0 Å². The number of anilines is 1. The lowest BCUT2D eigenvalue weighted by Gasteiger charge is -2.09. The van der Waals surface area contributed by atoms with Crippen molar-refractivity contribution in [3.63, 3.8) is 0 Å². The summed E-state index contributed by atoms with van der Waals surface area (Å²) in [7, 11) is 0. The maximum atomic E-state index is 12.0. The van der Waals surface area contributed by atoms with Gasteiger partial charge in [-0.15, -0.1) is 23.1 Å². The minimum atomic E-state index is -0.911. The first kappa shape index (κ1) is 18.4. The molecule has 0 bridgehead atoms. The summed E-state index contributed by atoms with van der Waals surface area (Å²) < 4.78 is 0. The second kappa shape index (κ2) is 8.78. The van der Waals surface area contributed by atoms with Gasteiger partial charge in [-0.3, -0.25) is 14.9 Å². The molecule has 0 aliphatic heterocycles. The lowest BCUT2D eigenvalue weighted by Crippen LogP contribution is -2.15. The number of aliphatic hydroxyl groups is 2. The SMILES string of the molecule is O=C(Cc1cccs1)Nc1cc(SC[C@@H](O)CO)cc([N+](=O)[O-])c1. The Hall–Kier alpha value is -1.94. The Morgan fingerprint density at radius 2 is 2.21 bits per heavy atom. The molecule has 1 atom stereocenters. The van der Waals surface area contributed by atoms with E-state index in [2.05, 4.69) is 5.32 Å². The summed E-state index contributed by atoms with van der Waals surface area (Å²) in [5.41, 5.74) is 0.177. The van der Waals surface area contributed by atoms with Crippen molar-refractivity contribution >= 4 is 40.4 Å². The van der Waals surface area contributed by atoms with Crippen LogP contribution >= 0.6 is 23.1 Å². The number of nitrogens with one attached hydrogen (secondary N) is 1. The van der Waals surface area contributed by atoms with Crippen molar-refractivity contribution in [3.05, 3.63) is 50.7 Å². The molecule has 1 amide bonds. The lowest BCUT2D eigenvalue weighted by atomic mass is 10.2. The van der Waals surface area contributed by atoms with Gasteiger partial charge in [0.25, 0.3) is 5.69 Å².